The maximum absolute atomic E-state index is 12.3. The van der Waals surface area contributed by atoms with Crippen molar-refractivity contribution in [2.45, 2.75) is 16.8 Å². The van der Waals surface area contributed by atoms with Crippen molar-refractivity contribution in [3.63, 3.8) is 0 Å². The third kappa shape index (κ3) is 4.23. The molecule has 0 aliphatic heterocycles. The lowest BCUT2D eigenvalue weighted by Crippen LogP contribution is -2.06. The molecule has 3 nitrogen and oxygen atoms in total. The number of nitriles is 1. The summed E-state index contributed by atoms with van der Waals surface area (Å²) in [6.45, 7) is 0. The molecule has 0 atom stereocenters. The van der Waals surface area contributed by atoms with Gasteiger partial charge in [-0.3, -0.25) is 4.79 Å². The van der Waals surface area contributed by atoms with E-state index in [1.54, 1.807) is 6.07 Å². The highest BCUT2D eigenvalue weighted by atomic mass is 79.9. The van der Waals surface area contributed by atoms with E-state index >= 15 is 0 Å². The maximum Gasteiger partial charge on any atom is 0.446 e. The summed E-state index contributed by atoms with van der Waals surface area (Å²) in [7, 11) is 0. The Morgan fingerprint density at radius 3 is 2.56 bits per heavy atom. The highest BCUT2D eigenvalue weighted by Gasteiger charge is 2.31. The molecular formula is C10H5BrF3NO2S. The Balaban J connectivity index is 3.30. The summed E-state index contributed by atoms with van der Waals surface area (Å²) in [6, 6.07) is 4.04. The van der Waals surface area contributed by atoms with E-state index < -0.39 is 29.7 Å². The van der Waals surface area contributed by atoms with Gasteiger partial charge < -0.3 is 5.11 Å². The SMILES string of the molecule is N#Cc1cc(Br)c(CC(=O)O)c(SC(F)(F)F)c1. The molecule has 1 rings (SSSR count). The van der Waals surface area contributed by atoms with Crippen LogP contribution in [0.25, 0.3) is 0 Å². The normalized spacial score (nSPS) is 11.1. The fraction of sp³-hybridized carbons (Fsp3) is 0.200. The van der Waals surface area contributed by atoms with Gasteiger partial charge >= 0.3 is 11.5 Å². The zero-order chi connectivity index (χ0) is 13.9. The number of nitrogens with zero attached hydrogens (tertiary/aromatic N) is 1. The van der Waals surface area contributed by atoms with Crippen molar-refractivity contribution in [1.82, 2.24) is 0 Å². The molecule has 0 saturated carbocycles. The number of alkyl halides is 3. The van der Waals surface area contributed by atoms with E-state index in [0.717, 1.165) is 6.07 Å². The number of thioether (sulfide) groups is 1. The quantitative estimate of drug-likeness (QED) is 0.855. The predicted octanol–water partition coefficient (Wildman–Crippen LogP) is 3.56. The topological polar surface area (TPSA) is 61.1 Å². The number of rotatable bonds is 3. The van der Waals surface area contributed by atoms with Crippen molar-refractivity contribution < 1.29 is 23.1 Å². The average Bonchev–Trinajstić information content (AvgIpc) is 2.20. The van der Waals surface area contributed by atoms with Crippen LogP contribution in [0.4, 0.5) is 13.2 Å². The molecule has 0 radical (unpaired) electrons. The number of aliphatic carboxylic acids is 1. The van der Waals surface area contributed by atoms with Crippen LogP contribution >= 0.6 is 27.7 Å². The van der Waals surface area contributed by atoms with E-state index in [2.05, 4.69) is 15.9 Å². The molecule has 8 heteroatoms. The molecule has 1 N–H and O–H groups in total. The van der Waals surface area contributed by atoms with Crippen LogP contribution in [0.15, 0.2) is 21.5 Å². The number of halogens is 4. The lowest BCUT2D eigenvalue weighted by molar-refractivity contribution is -0.136. The molecule has 1 aromatic rings. The molecule has 1 aromatic carbocycles. The van der Waals surface area contributed by atoms with Crippen molar-refractivity contribution in [1.29, 1.82) is 5.26 Å². The van der Waals surface area contributed by atoms with Gasteiger partial charge in [-0.05, 0) is 29.5 Å². The van der Waals surface area contributed by atoms with Crippen molar-refractivity contribution in [3.8, 4) is 6.07 Å². The van der Waals surface area contributed by atoms with Crippen LogP contribution in [-0.2, 0) is 11.2 Å². The lowest BCUT2D eigenvalue weighted by Gasteiger charge is -2.12. The smallest absolute Gasteiger partial charge is 0.446 e. The third-order valence-electron chi connectivity index (χ3n) is 1.84. The van der Waals surface area contributed by atoms with Gasteiger partial charge in [0.1, 0.15) is 0 Å². The average molecular weight is 340 g/mol. The van der Waals surface area contributed by atoms with Gasteiger partial charge in [-0.15, -0.1) is 0 Å². The van der Waals surface area contributed by atoms with Crippen LogP contribution < -0.4 is 0 Å². The summed E-state index contributed by atoms with van der Waals surface area (Å²) in [5.74, 6) is -1.25. The second-order valence-corrected chi connectivity index (χ2v) is 5.13. The van der Waals surface area contributed by atoms with Crippen LogP contribution in [0.2, 0.25) is 0 Å². The Kier molecular flexibility index (Phi) is 4.65. The molecule has 0 aliphatic carbocycles. The van der Waals surface area contributed by atoms with E-state index in [1.165, 1.54) is 6.07 Å². The molecule has 0 heterocycles. The van der Waals surface area contributed by atoms with Crippen molar-refractivity contribution >= 4 is 33.7 Å². The molecule has 0 unspecified atom stereocenters. The summed E-state index contributed by atoms with van der Waals surface area (Å²) >= 11 is 2.55. The van der Waals surface area contributed by atoms with Gasteiger partial charge in [0, 0.05) is 9.37 Å². The number of carbonyl (C=O) groups is 1. The maximum atomic E-state index is 12.3. The van der Waals surface area contributed by atoms with Crippen LogP contribution in [0, 0.1) is 11.3 Å². The number of hydrogen-bond acceptors (Lipinski definition) is 3. The van der Waals surface area contributed by atoms with Gasteiger partial charge in [0.25, 0.3) is 0 Å². The molecule has 0 aliphatic rings. The minimum atomic E-state index is -4.54. The molecule has 18 heavy (non-hydrogen) atoms. The first-order chi connectivity index (χ1) is 8.23. The Morgan fingerprint density at radius 1 is 1.50 bits per heavy atom. The van der Waals surface area contributed by atoms with Crippen molar-refractivity contribution in [3.05, 3.63) is 27.7 Å². The largest absolute Gasteiger partial charge is 0.481 e. The van der Waals surface area contributed by atoms with E-state index in [1.807, 2.05) is 0 Å². The number of carboxylic acid groups (broad SMARTS) is 1. The van der Waals surface area contributed by atoms with Gasteiger partial charge in [0.2, 0.25) is 0 Å². The Labute approximate surface area is 113 Å². The lowest BCUT2D eigenvalue weighted by atomic mass is 10.1. The summed E-state index contributed by atoms with van der Waals surface area (Å²) in [4.78, 5) is 10.3. The zero-order valence-electron chi connectivity index (χ0n) is 8.58. The first kappa shape index (κ1) is 14.9. The highest BCUT2D eigenvalue weighted by molar-refractivity contribution is 9.10. The first-order valence-electron chi connectivity index (χ1n) is 4.43. The van der Waals surface area contributed by atoms with Gasteiger partial charge in [0.05, 0.1) is 18.1 Å². The summed E-state index contributed by atoms with van der Waals surface area (Å²) < 4.78 is 37.2. The van der Waals surface area contributed by atoms with E-state index in [-0.39, 0.29) is 20.5 Å². The van der Waals surface area contributed by atoms with Crippen LogP contribution in [-0.4, -0.2) is 16.6 Å². The number of benzene rings is 1. The molecular weight excluding hydrogens is 335 g/mol. The number of hydrogen-bond donors (Lipinski definition) is 1. The monoisotopic (exact) mass is 339 g/mol. The van der Waals surface area contributed by atoms with Crippen molar-refractivity contribution in [2.24, 2.45) is 0 Å². The summed E-state index contributed by atoms with van der Waals surface area (Å²) in [5, 5.41) is 17.3. The Morgan fingerprint density at radius 2 is 2.11 bits per heavy atom. The third-order valence-corrected chi connectivity index (χ3v) is 3.36. The Hall–Kier alpha value is -1.20. The van der Waals surface area contributed by atoms with Crippen LogP contribution in [0.5, 0.6) is 0 Å². The molecule has 96 valence electrons. The number of carboxylic acids is 1. The first-order valence-corrected chi connectivity index (χ1v) is 6.04. The minimum absolute atomic E-state index is 0.00354. The molecule has 0 fully saturated rings. The Bertz CT molecular complexity index is 525. The van der Waals surface area contributed by atoms with Gasteiger partial charge in [-0.25, -0.2) is 0 Å². The minimum Gasteiger partial charge on any atom is -0.481 e. The fourth-order valence-electron chi connectivity index (χ4n) is 1.21. The molecule has 0 aromatic heterocycles. The highest BCUT2D eigenvalue weighted by Crippen LogP contribution is 2.41. The van der Waals surface area contributed by atoms with E-state index in [4.69, 9.17) is 10.4 Å². The van der Waals surface area contributed by atoms with E-state index in [9.17, 15) is 18.0 Å². The van der Waals surface area contributed by atoms with Gasteiger partial charge in [-0.2, -0.15) is 18.4 Å². The van der Waals surface area contributed by atoms with E-state index in [0.29, 0.717) is 0 Å². The summed E-state index contributed by atoms with van der Waals surface area (Å²) in [6.07, 6.45) is -0.551. The fourth-order valence-corrected chi connectivity index (χ4v) is 2.69. The van der Waals surface area contributed by atoms with Crippen LogP contribution in [0.3, 0.4) is 0 Å². The van der Waals surface area contributed by atoms with Gasteiger partial charge in [0.15, 0.2) is 0 Å². The molecule has 0 bridgehead atoms. The second-order valence-electron chi connectivity index (χ2n) is 3.16. The van der Waals surface area contributed by atoms with Crippen LogP contribution in [0.1, 0.15) is 11.1 Å². The predicted molar refractivity (Wildman–Crippen MR) is 62.1 cm³/mol. The standard InChI is InChI=1S/C10H5BrF3NO2S/c11-7-1-5(4-15)2-8(18-10(12,13)14)6(7)3-9(16)17/h1-2H,3H2,(H,16,17). The van der Waals surface area contributed by atoms with Gasteiger partial charge in [-0.1, -0.05) is 15.9 Å². The second kappa shape index (κ2) is 5.63. The molecule has 0 saturated heterocycles. The van der Waals surface area contributed by atoms with Crippen molar-refractivity contribution in [2.75, 3.05) is 0 Å². The molecule has 0 spiro atoms. The molecule has 0 amide bonds. The summed E-state index contributed by atoms with van der Waals surface area (Å²) in [5.41, 5.74) is -4.51. The zero-order valence-corrected chi connectivity index (χ0v) is 11.0.